The third kappa shape index (κ3) is 3.05. The molecule has 4 rings (SSSR count). The number of fused-ring (bicyclic) bond motifs is 5. The van der Waals surface area contributed by atoms with E-state index in [1.807, 2.05) is 6.92 Å². The average molecular weight is 513 g/mol. The van der Waals surface area contributed by atoms with E-state index in [9.17, 15) is 24.6 Å². The van der Waals surface area contributed by atoms with Crippen molar-refractivity contribution in [2.45, 2.75) is 64.8 Å². The zero-order valence-corrected chi connectivity index (χ0v) is 20.3. The van der Waals surface area contributed by atoms with Gasteiger partial charge in [0.2, 0.25) is 5.78 Å². The standard InChI is InChI=1S/C24H30BrFO6/c1-11-5-14-13-6-17(26)15-7-18(28)16(25)8-22(15,3)21(13)19(29)9-23(14,4)24(11,31)20(30)10-32-12(2)27/h7-8,11,13-14,17,19,21,29,31H,5-6,9-10H2,1-4H3. The largest absolute Gasteiger partial charge is 0.458 e. The molecule has 2 N–H and O–H groups in total. The van der Waals surface area contributed by atoms with Crippen molar-refractivity contribution in [1.82, 2.24) is 0 Å². The lowest BCUT2D eigenvalue weighted by Gasteiger charge is -2.60. The molecule has 0 radical (unpaired) electrons. The van der Waals surface area contributed by atoms with Crippen LogP contribution in [0.25, 0.3) is 0 Å². The van der Waals surface area contributed by atoms with Gasteiger partial charge < -0.3 is 14.9 Å². The van der Waals surface area contributed by atoms with E-state index in [0.29, 0.717) is 16.5 Å². The van der Waals surface area contributed by atoms with Crippen molar-refractivity contribution in [2.24, 2.45) is 34.5 Å². The molecule has 0 aliphatic heterocycles. The number of carbonyl (C=O) groups excluding carboxylic acids is 3. The molecule has 4 aliphatic carbocycles. The second-order valence-corrected chi connectivity index (χ2v) is 11.4. The van der Waals surface area contributed by atoms with Gasteiger partial charge in [0, 0.05) is 23.7 Å². The number of esters is 1. The number of hydrogen-bond donors (Lipinski definition) is 2. The molecule has 0 aromatic carbocycles. The predicted octanol–water partition coefficient (Wildman–Crippen LogP) is 3.05. The van der Waals surface area contributed by atoms with Crippen LogP contribution in [0.5, 0.6) is 0 Å². The minimum absolute atomic E-state index is 0.128. The Balaban J connectivity index is 1.75. The summed E-state index contributed by atoms with van der Waals surface area (Å²) < 4.78 is 20.7. The topological polar surface area (TPSA) is 101 Å². The summed E-state index contributed by atoms with van der Waals surface area (Å²) in [6.07, 6.45) is 1.59. The summed E-state index contributed by atoms with van der Waals surface area (Å²) in [4.78, 5) is 36.5. The molecule has 9 atom stereocenters. The third-order valence-corrected chi connectivity index (χ3v) is 9.57. The number of allylic oxidation sites excluding steroid dienone is 4. The van der Waals surface area contributed by atoms with Crippen LogP contribution in [0.1, 0.15) is 47.0 Å². The highest BCUT2D eigenvalue weighted by Crippen LogP contribution is 2.68. The molecule has 0 heterocycles. The SMILES string of the molecule is CC(=O)OCC(=O)C1(O)C(C)CC2C3CC(F)C4=CC(=O)C(Br)=CC4(C)C3C(O)CC21C. The quantitative estimate of drug-likeness (QED) is 0.563. The zero-order valence-electron chi connectivity index (χ0n) is 18.7. The third-order valence-electron chi connectivity index (χ3n) is 8.95. The molecule has 0 saturated heterocycles. The summed E-state index contributed by atoms with van der Waals surface area (Å²) in [7, 11) is 0. The number of carbonyl (C=O) groups is 3. The highest BCUT2D eigenvalue weighted by atomic mass is 79.9. The maximum absolute atomic E-state index is 15.5. The fraction of sp³-hybridized carbons (Fsp3) is 0.708. The molecule has 0 amide bonds. The van der Waals surface area contributed by atoms with Gasteiger partial charge in [0.1, 0.15) is 11.8 Å². The monoisotopic (exact) mass is 512 g/mol. The minimum atomic E-state index is -1.79. The summed E-state index contributed by atoms with van der Waals surface area (Å²) in [5, 5.41) is 23.1. The van der Waals surface area contributed by atoms with Crippen molar-refractivity contribution >= 4 is 33.5 Å². The van der Waals surface area contributed by atoms with Gasteiger partial charge >= 0.3 is 5.97 Å². The number of halogens is 2. The Morgan fingerprint density at radius 1 is 1.31 bits per heavy atom. The van der Waals surface area contributed by atoms with Gasteiger partial charge in [-0.3, -0.25) is 14.4 Å². The number of ether oxygens (including phenoxy) is 1. The van der Waals surface area contributed by atoms with Gasteiger partial charge in [-0.05, 0) is 64.6 Å². The van der Waals surface area contributed by atoms with E-state index in [-0.39, 0.29) is 36.4 Å². The number of aliphatic hydroxyl groups is 2. The van der Waals surface area contributed by atoms with Crippen molar-refractivity contribution in [3.8, 4) is 0 Å². The van der Waals surface area contributed by atoms with Crippen LogP contribution < -0.4 is 0 Å². The first-order valence-electron chi connectivity index (χ1n) is 11.1. The molecule has 9 unspecified atom stereocenters. The smallest absolute Gasteiger partial charge is 0.303 e. The predicted molar refractivity (Wildman–Crippen MR) is 117 cm³/mol. The van der Waals surface area contributed by atoms with Crippen LogP contribution in [0.4, 0.5) is 4.39 Å². The highest BCUT2D eigenvalue weighted by Gasteiger charge is 2.71. The van der Waals surface area contributed by atoms with Crippen molar-refractivity contribution < 1.29 is 33.7 Å². The van der Waals surface area contributed by atoms with E-state index in [1.165, 1.54) is 13.0 Å². The number of aliphatic hydroxyl groups excluding tert-OH is 1. The number of rotatable bonds is 3. The van der Waals surface area contributed by atoms with Gasteiger partial charge in [-0.2, -0.15) is 0 Å². The van der Waals surface area contributed by atoms with E-state index >= 15 is 4.39 Å². The molecular formula is C24H30BrFO6. The van der Waals surface area contributed by atoms with Crippen LogP contribution in [0, 0.1) is 34.5 Å². The van der Waals surface area contributed by atoms with Crippen molar-refractivity contribution in [2.75, 3.05) is 6.61 Å². The fourth-order valence-electron chi connectivity index (χ4n) is 7.60. The lowest BCUT2D eigenvalue weighted by molar-refractivity contribution is -0.187. The van der Waals surface area contributed by atoms with Gasteiger partial charge in [-0.1, -0.05) is 26.8 Å². The Labute approximate surface area is 195 Å². The number of Topliss-reactive ketones (excluding diaryl/α,β-unsaturated/α-hetero) is 1. The van der Waals surface area contributed by atoms with E-state index in [1.54, 1.807) is 19.9 Å². The first-order valence-corrected chi connectivity index (χ1v) is 11.9. The molecule has 0 aromatic rings. The molecule has 0 aromatic heterocycles. The normalized spacial score (nSPS) is 47.6. The summed E-state index contributed by atoms with van der Waals surface area (Å²) in [5.41, 5.74) is -3.24. The lowest BCUT2D eigenvalue weighted by atomic mass is 9.46. The number of alkyl halides is 1. The first-order chi connectivity index (χ1) is 14.8. The van der Waals surface area contributed by atoms with Gasteiger partial charge in [-0.25, -0.2) is 4.39 Å². The number of ketones is 2. The minimum Gasteiger partial charge on any atom is -0.458 e. The molecule has 8 heteroatoms. The van der Waals surface area contributed by atoms with Gasteiger partial charge in [0.15, 0.2) is 12.4 Å². The van der Waals surface area contributed by atoms with Crippen LogP contribution in [0.3, 0.4) is 0 Å². The van der Waals surface area contributed by atoms with Gasteiger partial charge in [0.05, 0.1) is 10.6 Å². The van der Waals surface area contributed by atoms with E-state index in [2.05, 4.69) is 15.9 Å². The van der Waals surface area contributed by atoms with Crippen LogP contribution in [-0.4, -0.2) is 52.2 Å². The van der Waals surface area contributed by atoms with Crippen molar-refractivity contribution in [3.63, 3.8) is 0 Å². The molecule has 3 saturated carbocycles. The zero-order chi connectivity index (χ0) is 23.8. The van der Waals surface area contributed by atoms with Crippen LogP contribution >= 0.6 is 15.9 Å². The summed E-state index contributed by atoms with van der Waals surface area (Å²) in [6.45, 7) is 6.11. The van der Waals surface area contributed by atoms with Crippen LogP contribution in [-0.2, 0) is 19.1 Å². The van der Waals surface area contributed by atoms with Crippen LogP contribution in [0.15, 0.2) is 22.2 Å². The molecule has 4 aliphatic rings. The van der Waals surface area contributed by atoms with E-state index in [4.69, 9.17) is 4.74 Å². The van der Waals surface area contributed by atoms with E-state index in [0.717, 1.165) is 0 Å². The molecule has 176 valence electrons. The maximum Gasteiger partial charge on any atom is 0.303 e. The molecule has 3 fully saturated rings. The Morgan fingerprint density at radius 2 is 1.97 bits per heavy atom. The molecular weight excluding hydrogens is 483 g/mol. The second-order valence-electron chi connectivity index (χ2n) is 10.5. The van der Waals surface area contributed by atoms with Gasteiger partial charge in [-0.15, -0.1) is 0 Å². The summed E-state index contributed by atoms with van der Waals surface area (Å²) in [5.74, 6) is -2.76. The summed E-state index contributed by atoms with van der Waals surface area (Å²) >= 11 is 3.29. The Hall–Kier alpha value is -1.38. The Morgan fingerprint density at radius 3 is 2.59 bits per heavy atom. The van der Waals surface area contributed by atoms with E-state index < -0.39 is 53.0 Å². The Kier molecular flexibility index (Phi) is 5.62. The number of hydrogen-bond acceptors (Lipinski definition) is 6. The highest BCUT2D eigenvalue weighted by molar-refractivity contribution is 9.12. The van der Waals surface area contributed by atoms with Crippen LogP contribution in [0.2, 0.25) is 0 Å². The average Bonchev–Trinajstić information content (AvgIpc) is 2.89. The molecule has 0 spiro atoms. The lowest BCUT2D eigenvalue weighted by Crippen LogP contribution is -2.63. The fourth-order valence-corrected chi connectivity index (χ4v) is 8.19. The van der Waals surface area contributed by atoms with Crippen molar-refractivity contribution in [3.05, 3.63) is 22.2 Å². The second kappa shape index (κ2) is 7.57. The maximum atomic E-state index is 15.5. The first kappa shape index (κ1) is 23.8. The van der Waals surface area contributed by atoms with Gasteiger partial charge in [0.25, 0.3) is 0 Å². The summed E-state index contributed by atoms with van der Waals surface area (Å²) in [6, 6.07) is 0. The molecule has 6 nitrogen and oxygen atoms in total. The van der Waals surface area contributed by atoms with Crippen molar-refractivity contribution in [1.29, 1.82) is 0 Å². The molecule has 0 bridgehead atoms. The molecule has 32 heavy (non-hydrogen) atoms. The Bertz CT molecular complexity index is 945.